The van der Waals surface area contributed by atoms with Crippen LogP contribution in [0.3, 0.4) is 0 Å². The Morgan fingerprint density at radius 3 is 2.58 bits per heavy atom. The lowest BCUT2D eigenvalue weighted by atomic mass is 10.0. The summed E-state index contributed by atoms with van der Waals surface area (Å²) in [6, 6.07) is 8.16. The molecule has 0 saturated carbocycles. The molecule has 132 valence electrons. The second-order valence-corrected chi connectivity index (χ2v) is 5.87. The summed E-state index contributed by atoms with van der Waals surface area (Å²) >= 11 is 0. The fraction of sp³-hybridized carbons (Fsp3) is 0.500. The third-order valence-electron chi connectivity index (χ3n) is 3.87. The molecule has 24 heavy (non-hydrogen) atoms. The van der Waals surface area contributed by atoms with Crippen LogP contribution in [-0.4, -0.2) is 29.0 Å². The molecule has 6 heteroatoms. The highest BCUT2D eigenvalue weighted by Crippen LogP contribution is 2.11. The van der Waals surface area contributed by atoms with Crippen LogP contribution in [0.15, 0.2) is 28.8 Å². The Balaban J connectivity index is 0.00000288. The molecule has 2 rings (SSSR count). The predicted molar refractivity (Wildman–Crippen MR) is 96.9 cm³/mol. The van der Waals surface area contributed by atoms with Gasteiger partial charge in [0.1, 0.15) is 0 Å². The summed E-state index contributed by atoms with van der Waals surface area (Å²) in [4.78, 5) is 16.6. The van der Waals surface area contributed by atoms with E-state index in [1.165, 1.54) is 5.56 Å². The first-order valence-corrected chi connectivity index (χ1v) is 8.23. The van der Waals surface area contributed by atoms with Crippen molar-refractivity contribution < 1.29 is 9.32 Å². The number of aryl methyl sites for hydroxylation is 2. The fourth-order valence-corrected chi connectivity index (χ4v) is 2.36. The molecule has 5 nitrogen and oxygen atoms in total. The van der Waals surface area contributed by atoms with Crippen molar-refractivity contribution in [2.45, 2.75) is 52.0 Å². The molecule has 1 N–H and O–H groups in total. The average molecular weight is 352 g/mol. The molecule has 0 amide bonds. The molecular weight excluding hydrogens is 326 g/mol. The van der Waals surface area contributed by atoms with Gasteiger partial charge in [0.2, 0.25) is 5.89 Å². The van der Waals surface area contributed by atoms with Crippen molar-refractivity contribution in [2.24, 2.45) is 0 Å². The molecule has 1 aromatic carbocycles. The van der Waals surface area contributed by atoms with Gasteiger partial charge in [-0.25, -0.2) is 0 Å². The molecular formula is C18H26ClN3O2. The van der Waals surface area contributed by atoms with Crippen LogP contribution in [0.1, 0.15) is 54.3 Å². The molecule has 0 aliphatic carbocycles. The predicted octanol–water partition coefficient (Wildman–Crippen LogP) is 3.41. The number of hydrogen-bond donors (Lipinski definition) is 1. The topological polar surface area (TPSA) is 68.0 Å². The minimum Gasteiger partial charge on any atom is -0.339 e. The number of Topliss-reactive ketones (excluding diaryl/α,β-unsaturated/α-hetero) is 1. The van der Waals surface area contributed by atoms with Gasteiger partial charge in [-0.2, -0.15) is 4.98 Å². The lowest BCUT2D eigenvalue weighted by Crippen LogP contribution is -2.24. The zero-order valence-corrected chi connectivity index (χ0v) is 15.4. The largest absolute Gasteiger partial charge is 0.339 e. The minimum atomic E-state index is 0. The summed E-state index contributed by atoms with van der Waals surface area (Å²) in [7, 11) is 1.90. The van der Waals surface area contributed by atoms with Gasteiger partial charge < -0.3 is 9.84 Å². The quantitative estimate of drug-likeness (QED) is 0.701. The molecule has 0 saturated heterocycles. The van der Waals surface area contributed by atoms with E-state index in [0.29, 0.717) is 37.0 Å². The van der Waals surface area contributed by atoms with Crippen LogP contribution in [0.2, 0.25) is 0 Å². The SMILES string of the molecule is CCCc1ccc(C(=O)CCc2nc(CC(C)NC)no2)cc1.Cl. The van der Waals surface area contributed by atoms with E-state index in [9.17, 15) is 4.79 Å². The van der Waals surface area contributed by atoms with Crippen LogP contribution in [0.5, 0.6) is 0 Å². The van der Waals surface area contributed by atoms with Gasteiger partial charge in [-0.05, 0) is 26.0 Å². The van der Waals surface area contributed by atoms with E-state index in [1.807, 2.05) is 31.3 Å². The summed E-state index contributed by atoms with van der Waals surface area (Å²) in [5, 5.41) is 7.08. The second-order valence-electron chi connectivity index (χ2n) is 5.87. The lowest BCUT2D eigenvalue weighted by Gasteiger charge is -2.04. The van der Waals surface area contributed by atoms with Crippen LogP contribution in [-0.2, 0) is 19.3 Å². The van der Waals surface area contributed by atoms with E-state index in [4.69, 9.17) is 4.52 Å². The molecule has 1 aromatic heterocycles. The maximum Gasteiger partial charge on any atom is 0.227 e. The Labute approximate surface area is 149 Å². The number of carbonyl (C=O) groups is 1. The fourth-order valence-electron chi connectivity index (χ4n) is 2.36. The van der Waals surface area contributed by atoms with Crippen LogP contribution in [0.25, 0.3) is 0 Å². The molecule has 0 aliphatic heterocycles. The standard InChI is InChI=1S/C18H25N3O2.ClH/c1-4-5-14-6-8-15(9-7-14)16(22)10-11-18-20-17(21-23-18)12-13(2)19-3;/h6-9,13,19H,4-5,10-12H2,1-3H3;1H. The molecule has 0 spiro atoms. The van der Waals surface area contributed by atoms with E-state index >= 15 is 0 Å². The number of hydrogen-bond acceptors (Lipinski definition) is 5. The zero-order valence-electron chi connectivity index (χ0n) is 14.5. The number of likely N-dealkylation sites (N-methyl/N-ethyl adjacent to an activating group) is 1. The van der Waals surface area contributed by atoms with Crippen molar-refractivity contribution >= 4 is 18.2 Å². The van der Waals surface area contributed by atoms with Gasteiger partial charge in [0, 0.05) is 30.9 Å². The lowest BCUT2D eigenvalue weighted by molar-refractivity contribution is 0.0979. The number of nitrogens with zero attached hydrogens (tertiary/aromatic N) is 2. The van der Waals surface area contributed by atoms with Gasteiger partial charge in [0.15, 0.2) is 11.6 Å². The van der Waals surface area contributed by atoms with Crippen LogP contribution in [0.4, 0.5) is 0 Å². The zero-order chi connectivity index (χ0) is 16.7. The molecule has 0 fully saturated rings. The summed E-state index contributed by atoms with van der Waals surface area (Å²) in [5.41, 5.74) is 2.01. The maximum atomic E-state index is 12.2. The van der Waals surface area contributed by atoms with Crippen molar-refractivity contribution in [1.82, 2.24) is 15.5 Å². The van der Waals surface area contributed by atoms with E-state index in [2.05, 4.69) is 29.3 Å². The molecule has 2 aromatic rings. The third-order valence-corrected chi connectivity index (χ3v) is 3.87. The number of carbonyl (C=O) groups excluding carboxylic acids is 1. The number of halogens is 1. The van der Waals surface area contributed by atoms with Crippen molar-refractivity contribution in [2.75, 3.05) is 7.05 Å². The van der Waals surface area contributed by atoms with Crippen LogP contribution >= 0.6 is 12.4 Å². The maximum absolute atomic E-state index is 12.2. The van der Waals surface area contributed by atoms with Gasteiger partial charge >= 0.3 is 0 Å². The number of aromatic nitrogens is 2. The monoisotopic (exact) mass is 351 g/mol. The normalized spacial score (nSPS) is 11.8. The molecule has 0 aliphatic rings. The van der Waals surface area contributed by atoms with E-state index in [0.717, 1.165) is 18.4 Å². The first kappa shape index (κ1) is 20.3. The Morgan fingerprint density at radius 1 is 1.25 bits per heavy atom. The summed E-state index contributed by atoms with van der Waals surface area (Å²) in [6.07, 6.45) is 3.74. The Morgan fingerprint density at radius 2 is 1.96 bits per heavy atom. The molecule has 1 atom stereocenters. The van der Waals surface area contributed by atoms with Crippen LogP contribution < -0.4 is 5.32 Å². The van der Waals surface area contributed by atoms with Gasteiger partial charge in [0.25, 0.3) is 0 Å². The number of ketones is 1. The third kappa shape index (κ3) is 6.06. The van der Waals surface area contributed by atoms with E-state index < -0.39 is 0 Å². The highest BCUT2D eigenvalue weighted by atomic mass is 35.5. The van der Waals surface area contributed by atoms with E-state index in [-0.39, 0.29) is 18.2 Å². The Kier molecular flexibility index (Phi) is 8.65. The highest BCUT2D eigenvalue weighted by molar-refractivity contribution is 5.96. The number of benzene rings is 1. The first-order valence-electron chi connectivity index (χ1n) is 8.23. The first-order chi connectivity index (χ1) is 11.1. The Bertz CT molecular complexity index is 625. The smallest absolute Gasteiger partial charge is 0.227 e. The van der Waals surface area contributed by atoms with Gasteiger partial charge in [0.05, 0.1) is 0 Å². The molecule has 1 heterocycles. The molecule has 0 radical (unpaired) electrons. The number of nitrogens with one attached hydrogen (secondary N) is 1. The number of rotatable bonds is 9. The highest BCUT2D eigenvalue weighted by Gasteiger charge is 2.12. The summed E-state index contributed by atoms with van der Waals surface area (Å²) in [5.74, 6) is 1.31. The van der Waals surface area contributed by atoms with Gasteiger partial charge in [-0.15, -0.1) is 12.4 Å². The van der Waals surface area contributed by atoms with Crippen LogP contribution in [0, 0.1) is 0 Å². The average Bonchev–Trinajstić information content (AvgIpc) is 3.01. The van der Waals surface area contributed by atoms with Crippen molar-refractivity contribution in [1.29, 1.82) is 0 Å². The minimum absolute atomic E-state index is 0. The second kappa shape index (κ2) is 10.2. The van der Waals surface area contributed by atoms with Crippen molar-refractivity contribution in [3.63, 3.8) is 0 Å². The summed E-state index contributed by atoms with van der Waals surface area (Å²) < 4.78 is 5.21. The van der Waals surface area contributed by atoms with Crippen molar-refractivity contribution in [3.05, 3.63) is 47.1 Å². The molecule has 0 bridgehead atoms. The van der Waals surface area contributed by atoms with E-state index in [1.54, 1.807) is 0 Å². The summed E-state index contributed by atoms with van der Waals surface area (Å²) in [6.45, 7) is 4.21. The van der Waals surface area contributed by atoms with Gasteiger partial charge in [-0.1, -0.05) is 42.8 Å². The molecule has 1 unspecified atom stereocenters. The van der Waals surface area contributed by atoms with Gasteiger partial charge in [-0.3, -0.25) is 4.79 Å². The van der Waals surface area contributed by atoms with Crippen molar-refractivity contribution in [3.8, 4) is 0 Å². The Hall–Kier alpha value is -1.72.